The third-order valence-electron chi connectivity index (χ3n) is 3.59. The molecule has 27 heavy (non-hydrogen) atoms. The molecule has 140 valence electrons. The average Bonchev–Trinajstić information content (AvgIpc) is 3.10. The number of nitrogens with one attached hydrogen (secondary N) is 1. The van der Waals surface area contributed by atoms with Crippen LogP contribution in [0.25, 0.3) is 11.3 Å². The molecule has 0 fully saturated rings. The molecule has 0 aliphatic rings. The van der Waals surface area contributed by atoms with Gasteiger partial charge < -0.3 is 19.6 Å². The largest absolute Gasteiger partial charge is 0.482 e. The number of aliphatic hydroxyl groups excluding tert-OH is 1. The minimum absolute atomic E-state index is 0.191. The maximum atomic E-state index is 12.1. The number of aliphatic hydroxyl groups is 1. The molecule has 8 heteroatoms. The standard InChI is InChI=1S/C19H14Cl3NO4/c20-11-1-5-18(16(22)7-11)26-10-19(25)23-12-2-4-14(15(21)8-12)17-6-3-13(9-24)27-17/h1-8,24H,9-10H2,(H,23,25). The molecule has 3 aromatic rings. The quantitative estimate of drug-likeness (QED) is 0.552. The fourth-order valence-electron chi connectivity index (χ4n) is 2.33. The Morgan fingerprint density at radius 1 is 1.04 bits per heavy atom. The van der Waals surface area contributed by atoms with Crippen LogP contribution >= 0.6 is 34.8 Å². The number of amides is 1. The first-order chi connectivity index (χ1) is 13.0. The third-order valence-corrected chi connectivity index (χ3v) is 4.43. The van der Waals surface area contributed by atoms with E-state index in [-0.39, 0.29) is 19.1 Å². The van der Waals surface area contributed by atoms with Crippen LogP contribution in [0.5, 0.6) is 5.75 Å². The predicted octanol–water partition coefficient (Wildman–Crippen LogP) is 5.42. The van der Waals surface area contributed by atoms with Gasteiger partial charge in [-0.3, -0.25) is 4.79 Å². The summed E-state index contributed by atoms with van der Waals surface area (Å²) < 4.78 is 10.9. The SMILES string of the molecule is O=C(COc1ccc(Cl)cc1Cl)Nc1ccc(-c2ccc(CO)o2)c(Cl)c1. The molecule has 3 rings (SSSR count). The number of anilines is 1. The lowest BCUT2D eigenvalue weighted by molar-refractivity contribution is -0.118. The monoisotopic (exact) mass is 425 g/mol. The Morgan fingerprint density at radius 3 is 2.52 bits per heavy atom. The van der Waals surface area contributed by atoms with Crippen molar-refractivity contribution < 1.29 is 19.1 Å². The fraction of sp³-hybridized carbons (Fsp3) is 0.105. The molecule has 0 bridgehead atoms. The molecule has 0 saturated carbocycles. The van der Waals surface area contributed by atoms with E-state index in [1.165, 1.54) is 6.07 Å². The number of benzene rings is 2. The highest BCUT2D eigenvalue weighted by Crippen LogP contribution is 2.32. The van der Waals surface area contributed by atoms with Gasteiger partial charge in [0, 0.05) is 16.3 Å². The van der Waals surface area contributed by atoms with Gasteiger partial charge in [0.1, 0.15) is 23.9 Å². The molecule has 2 N–H and O–H groups in total. The van der Waals surface area contributed by atoms with Gasteiger partial charge in [-0.05, 0) is 48.5 Å². The maximum Gasteiger partial charge on any atom is 0.262 e. The second-order valence-electron chi connectivity index (χ2n) is 5.53. The molecule has 2 aromatic carbocycles. The van der Waals surface area contributed by atoms with Crippen LogP contribution < -0.4 is 10.1 Å². The number of carbonyl (C=O) groups is 1. The second kappa shape index (κ2) is 8.67. The van der Waals surface area contributed by atoms with Gasteiger partial charge in [0.2, 0.25) is 0 Å². The highest BCUT2D eigenvalue weighted by Gasteiger charge is 2.11. The van der Waals surface area contributed by atoms with Gasteiger partial charge in [0.05, 0.1) is 10.0 Å². The van der Waals surface area contributed by atoms with Gasteiger partial charge in [0.15, 0.2) is 6.61 Å². The van der Waals surface area contributed by atoms with Crippen molar-refractivity contribution in [1.82, 2.24) is 0 Å². The van der Waals surface area contributed by atoms with Crippen molar-refractivity contribution in [1.29, 1.82) is 0 Å². The lowest BCUT2D eigenvalue weighted by atomic mass is 10.1. The molecule has 0 saturated heterocycles. The summed E-state index contributed by atoms with van der Waals surface area (Å²) in [6.45, 7) is -0.415. The van der Waals surface area contributed by atoms with Gasteiger partial charge in [-0.15, -0.1) is 0 Å². The summed E-state index contributed by atoms with van der Waals surface area (Å²) >= 11 is 18.1. The molecule has 5 nitrogen and oxygen atoms in total. The first-order valence-corrected chi connectivity index (χ1v) is 8.97. The summed E-state index contributed by atoms with van der Waals surface area (Å²) in [5.41, 5.74) is 1.16. The van der Waals surface area contributed by atoms with E-state index in [0.717, 1.165) is 0 Å². The van der Waals surface area contributed by atoms with Crippen LogP contribution in [0.2, 0.25) is 15.1 Å². The number of furan rings is 1. The molecule has 0 unspecified atom stereocenters. The van der Waals surface area contributed by atoms with Crippen molar-refractivity contribution >= 4 is 46.4 Å². The van der Waals surface area contributed by atoms with Gasteiger partial charge in [0.25, 0.3) is 5.91 Å². The van der Waals surface area contributed by atoms with Crippen molar-refractivity contribution in [2.75, 3.05) is 11.9 Å². The Bertz CT molecular complexity index is 971. The zero-order chi connectivity index (χ0) is 19.4. The van der Waals surface area contributed by atoms with Crippen LogP contribution in [0.4, 0.5) is 5.69 Å². The zero-order valence-corrected chi connectivity index (χ0v) is 16.1. The predicted molar refractivity (Wildman–Crippen MR) is 106 cm³/mol. The maximum absolute atomic E-state index is 12.1. The normalized spacial score (nSPS) is 10.7. The van der Waals surface area contributed by atoms with E-state index in [9.17, 15) is 4.79 Å². The van der Waals surface area contributed by atoms with Crippen LogP contribution in [-0.4, -0.2) is 17.6 Å². The van der Waals surface area contributed by atoms with Crippen molar-refractivity contribution in [3.63, 3.8) is 0 Å². The molecular formula is C19H14Cl3NO4. The van der Waals surface area contributed by atoms with Crippen molar-refractivity contribution in [2.45, 2.75) is 6.61 Å². The van der Waals surface area contributed by atoms with Crippen molar-refractivity contribution in [3.8, 4) is 17.1 Å². The highest BCUT2D eigenvalue weighted by atomic mass is 35.5. The summed E-state index contributed by atoms with van der Waals surface area (Å²) in [5, 5.41) is 13.0. The molecule has 0 atom stereocenters. The topological polar surface area (TPSA) is 71.7 Å². The number of hydrogen-bond donors (Lipinski definition) is 2. The van der Waals surface area contributed by atoms with Crippen LogP contribution in [0.3, 0.4) is 0 Å². The van der Waals surface area contributed by atoms with E-state index in [0.29, 0.717) is 43.6 Å². The average molecular weight is 427 g/mol. The summed E-state index contributed by atoms with van der Waals surface area (Å²) in [5.74, 6) is 0.964. The molecular weight excluding hydrogens is 413 g/mol. The first kappa shape index (κ1) is 19.6. The molecule has 1 amide bonds. The Morgan fingerprint density at radius 2 is 1.85 bits per heavy atom. The fourth-order valence-corrected chi connectivity index (χ4v) is 3.07. The van der Waals surface area contributed by atoms with Gasteiger partial charge >= 0.3 is 0 Å². The molecule has 0 aliphatic carbocycles. The van der Waals surface area contributed by atoms with Crippen molar-refractivity contribution in [2.24, 2.45) is 0 Å². The minimum Gasteiger partial charge on any atom is -0.482 e. The van der Waals surface area contributed by atoms with E-state index < -0.39 is 0 Å². The van der Waals surface area contributed by atoms with Crippen molar-refractivity contribution in [3.05, 3.63) is 69.4 Å². The Kier molecular flexibility index (Phi) is 6.29. The summed E-state index contributed by atoms with van der Waals surface area (Å²) in [6, 6.07) is 13.1. The number of rotatable bonds is 6. The van der Waals surface area contributed by atoms with Crippen LogP contribution in [-0.2, 0) is 11.4 Å². The number of ether oxygens (including phenoxy) is 1. The summed E-state index contributed by atoms with van der Waals surface area (Å²) in [7, 11) is 0. The van der Waals surface area contributed by atoms with Crippen LogP contribution in [0.1, 0.15) is 5.76 Å². The Hall–Kier alpha value is -2.18. The number of carbonyl (C=O) groups excluding carboxylic acids is 1. The Labute approximate surface area is 170 Å². The lowest BCUT2D eigenvalue weighted by Crippen LogP contribution is -2.20. The van der Waals surface area contributed by atoms with Gasteiger partial charge in [-0.2, -0.15) is 0 Å². The molecule has 0 spiro atoms. The molecule has 1 heterocycles. The van der Waals surface area contributed by atoms with E-state index in [1.807, 2.05) is 0 Å². The van der Waals surface area contributed by atoms with Crippen LogP contribution in [0.15, 0.2) is 52.9 Å². The molecule has 0 radical (unpaired) electrons. The van der Waals surface area contributed by atoms with E-state index in [2.05, 4.69) is 5.32 Å². The zero-order valence-electron chi connectivity index (χ0n) is 13.8. The van der Waals surface area contributed by atoms with Gasteiger partial charge in [-0.25, -0.2) is 0 Å². The smallest absolute Gasteiger partial charge is 0.262 e. The van der Waals surface area contributed by atoms with Crippen LogP contribution in [0, 0.1) is 0 Å². The number of halogens is 3. The third kappa shape index (κ3) is 4.96. The number of hydrogen-bond acceptors (Lipinski definition) is 4. The van der Waals surface area contributed by atoms with E-state index in [1.54, 1.807) is 42.5 Å². The minimum atomic E-state index is -0.370. The first-order valence-electron chi connectivity index (χ1n) is 7.83. The summed E-state index contributed by atoms with van der Waals surface area (Å²) in [4.78, 5) is 12.1. The lowest BCUT2D eigenvalue weighted by Gasteiger charge is -2.10. The van der Waals surface area contributed by atoms with E-state index in [4.69, 9.17) is 49.1 Å². The summed E-state index contributed by atoms with van der Waals surface area (Å²) in [6.07, 6.45) is 0. The highest BCUT2D eigenvalue weighted by molar-refractivity contribution is 6.35. The molecule has 1 aromatic heterocycles. The van der Waals surface area contributed by atoms with E-state index >= 15 is 0 Å². The second-order valence-corrected chi connectivity index (χ2v) is 6.78. The Balaban J connectivity index is 1.63. The molecule has 0 aliphatic heterocycles. The van der Waals surface area contributed by atoms with Gasteiger partial charge in [-0.1, -0.05) is 34.8 Å².